The van der Waals surface area contributed by atoms with Gasteiger partial charge in [0.1, 0.15) is 0 Å². The number of aliphatic hydroxyl groups excluding tert-OH is 1. The van der Waals surface area contributed by atoms with Crippen LogP contribution < -0.4 is 0 Å². The average Bonchev–Trinajstić information content (AvgIpc) is 2.67. The van der Waals surface area contributed by atoms with Crippen LogP contribution in [0.15, 0.2) is 0 Å². The van der Waals surface area contributed by atoms with Crippen molar-refractivity contribution in [2.75, 3.05) is 26.2 Å². The van der Waals surface area contributed by atoms with Crippen LogP contribution in [0, 0.1) is 0 Å². The van der Waals surface area contributed by atoms with E-state index in [9.17, 15) is 9.59 Å². The molecule has 0 spiro atoms. The molecule has 0 aromatic heterocycles. The Balaban J connectivity index is 1.86. The quantitative estimate of drug-likeness (QED) is 0.712. The molecule has 0 saturated carbocycles. The molecule has 2 fully saturated rings. The molecule has 90 valence electrons. The molecule has 2 rings (SSSR count). The fraction of sp³-hybridized carbons (Fsp3) is 0.818. The summed E-state index contributed by atoms with van der Waals surface area (Å²) in [7, 11) is 0. The Kier molecular flexibility index (Phi) is 3.43. The van der Waals surface area contributed by atoms with Crippen LogP contribution >= 0.6 is 0 Å². The molecule has 2 heterocycles. The molecule has 5 nitrogen and oxygen atoms in total. The van der Waals surface area contributed by atoms with E-state index >= 15 is 0 Å². The Morgan fingerprint density at radius 2 is 2.25 bits per heavy atom. The van der Waals surface area contributed by atoms with Crippen LogP contribution in [0.3, 0.4) is 0 Å². The summed E-state index contributed by atoms with van der Waals surface area (Å²) in [5.74, 6) is 0.334. The standard InChI is InChI=1S/C11H18N2O3/c14-7-1-2-10(15)12-5-6-13-9(8-12)3-4-11(13)16/h9,14H,1-8H2. The van der Waals surface area contributed by atoms with Gasteiger partial charge in [-0.3, -0.25) is 9.59 Å². The van der Waals surface area contributed by atoms with Gasteiger partial charge in [0.05, 0.1) is 0 Å². The molecule has 5 heteroatoms. The number of piperazine rings is 1. The lowest BCUT2D eigenvalue weighted by molar-refractivity contribution is -0.139. The normalized spacial score (nSPS) is 24.8. The summed E-state index contributed by atoms with van der Waals surface area (Å²) >= 11 is 0. The second-order valence-electron chi connectivity index (χ2n) is 4.45. The van der Waals surface area contributed by atoms with Crippen LogP contribution in [-0.2, 0) is 9.59 Å². The monoisotopic (exact) mass is 226 g/mol. The second kappa shape index (κ2) is 4.82. The van der Waals surface area contributed by atoms with Gasteiger partial charge in [-0.05, 0) is 12.8 Å². The predicted octanol–water partition coefficient (Wildman–Crippen LogP) is -0.408. The summed E-state index contributed by atoms with van der Waals surface area (Å²) in [5.41, 5.74) is 0. The fourth-order valence-electron chi connectivity index (χ4n) is 2.48. The highest BCUT2D eigenvalue weighted by Crippen LogP contribution is 2.23. The molecular weight excluding hydrogens is 208 g/mol. The van der Waals surface area contributed by atoms with Crippen molar-refractivity contribution in [3.05, 3.63) is 0 Å². The third-order valence-electron chi connectivity index (χ3n) is 3.40. The van der Waals surface area contributed by atoms with Crippen LogP contribution in [-0.4, -0.2) is 59.0 Å². The molecule has 0 aliphatic carbocycles. The Hall–Kier alpha value is -1.10. The van der Waals surface area contributed by atoms with Crippen molar-refractivity contribution in [3.8, 4) is 0 Å². The molecule has 2 aliphatic rings. The van der Waals surface area contributed by atoms with Gasteiger partial charge in [-0.25, -0.2) is 0 Å². The highest BCUT2D eigenvalue weighted by atomic mass is 16.3. The molecule has 1 atom stereocenters. The first-order chi connectivity index (χ1) is 7.72. The van der Waals surface area contributed by atoms with Gasteiger partial charge in [-0.2, -0.15) is 0 Å². The molecule has 0 radical (unpaired) electrons. The van der Waals surface area contributed by atoms with E-state index in [4.69, 9.17) is 5.11 Å². The number of carbonyl (C=O) groups is 2. The lowest BCUT2D eigenvalue weighted by Gasteiger charge is -2.37. The average molecular weight is 226 g/mol. The highest BCUT2D eigenvalue weighted by Gasteiger charge is 2.36. The Bertz CT molecular complexity index is 293. The number of amides is 2. The largest absolute Gasteiger partial charge is 0.396 e. The van der Waals surface area contributed by atoms with E-state index in [0.29, 0.717) is 38.9 Å². The molecule has 0 bridgehead atoms. The van der Waals surface area contributed by atoms with Crippen molar-refractivity contribution < 1.29 is 14.7 Å². The highest BCUT2D eigenvalue weighted by molar-refractivity contribution is 5.80. The molecule has 2 aliphatic heterocycles. The minimum absolute atomic E-state index is 0.0631. The molecule has 2 saturated heterocycles. The minimum atomic E-state index is 0.0631. The maximum atomic E-state index is 11.7. The summed E-state index contributed by atoms with van der Waals surface area (Å²) in [6.07, 6.45) is 2.45. The number of nitrogens with zero attached hydrogens (tertiary/aromatic N) is 2. The van der Waals surface area contributed by atoms with Gasteiger partial charge in [0.2, 0.25) is 11.8 Å². The van der Waals surface area contributed by atoms with Crippen molar-refractivity contribution in [1.29, 1.82) is 0 Å². The lowest BCUT2D eigenvalue weighted by Crippen LogP contribution is -2.53. The van der Waals surface area contributed by atoms with Gasteiger partial charge in [-0.1, -0.05) is 0 Å². The Morgan fingerprint density at radius 1 is 1.44 bits per heavy atom. The van der Waals surface area contributed by atoms with E-state index in [1.54, 1.807) is 0 Å². The summed E-state index contributed by atoms with van der Waals surface area (Å²) in [6, 6.07) is 0.235. The molecular formula is C11H18N2O3. The van der Waals surface area contributed by atoms with Gasteiger partial charge in [-0.15, -0.1) is 0 Å². The molecule has 1 N–H and O–H groups in total. The van der Waals surface area contributed by atoms with Crippen LogP contribution in [0.5, 0.6) is 0 Å². The maximum absolute atomic E-state index is 11.7. The summed E-state index contributed by atoms with van der Waals surface area (Å²) in [5, 5.41) is 8.67. The van der Waals surface area contributed by atoms with Crippen molar-refractivity contribution in [3.63, 3.8) is 0 Å². The van der Waals surface area contributed by atoms with Crippen LogP contribution in [0.4, 0.5) is 0 Å². The second-order valence-corrected chi connectivity index (χ2v) is 4.45. The van der Waals surface area contributed by atoms with E-state index in [0.717, 1.165) is 6.42 Å². The third-order valence-corrected chi connectivity index (χ3v) is 3.40. The molecule has 1 unspecified atom stereocenters. The number of rotatable bonds is 3. The van der Waals surface area contributed by atoms with E-state index < -0.39 is 0 Å². The fourth-order valence-corrected chi connectivity index (χ4v) is 2.48. The van der Waals surface area contributed by atoms with E-state index in [2.05, 4.69) is 0 Å². The van der Waals surface area contributed by atoms with Crippen LogP contribution in [0.25, 0.3) is 0 Å². The zero-order valence-electron chi connectivity index (χ0n) is 9.39. The van der Waals surface area contributed by atoms with Crippen molar-refractivity contribution in [2.24, 2.45) is 0 Å². The summed E-state index contributed by atoms with van der Waals surface area (Å²) < 4.78 is 0. The molecule has 16 heavy (non-hydrogen) atoms. The van der Waals surface area contributed by atoms with Gasteiger partial charge in [0.25, 0.3) is 0 Å². The van der Waals surface area contributed by atoms with Crippen LogP contribution in [0.1, 0.15) is 25.7 Å². The van der Waals surface area contributed by atoms with Crippen molar-refractivity contribution in [1.82, 2.24) is 9.80 Å². The Morgan fingerprint density at radius 3 is 3.00 bits per heavy atom. The van der Waals surface area contributed by atoms with Gasteiger partial charge in [0, 0.05) is 45.1 Å². The molecule has 2 amide bonds. The van der Waals surface area contributed by atoms with E-state index in [-0.39, 0.29) is 24.5 Å². The maximum Gasteiger partial charge on any atom is 0.223 e. The molecule has 0 aromatic carbocycles. The van der Waals surface area contributed by atoms with E-state index in [1.807, 2.05) is 9.80 Å². The van der Waals surface area contributed by atoms with Crippen molar-refractivity contribution in [2.45, 2.75) is 31.7 Å². The third kappa shape index (κ3) is 2.19. The first-order valence-corrected chi connectivity index (χ1v) is 5.90. The van der Waals surface area contributed by atoms with Gasteiger partial charge < -0.3 is 14.9 Å². The first-order valence-electron chi connectivity index (χ1n) is 5.90. The summed E-state index contributed by atoms with van der Waals surface area (Å²) in [4.78, 5) is 26.9. The number of hydrogen-bond acceptors (Lipinski definition) is 3. The summed E-state index contributed by atoms with van der Waals surface area (Å²) in [6.45, 7) is 2.06. The molecule has 0 aromatic rings. The Labute approximate surface area is 95.0 Å². The van der Waals surface area contributed by atoms with Crippen LogP contribution in [0.2, 0.25) is 0 Å². The number of hydrogen-bond donors (Lipinski definition) is 1. The SMILES string of the molecule is O=C(CCCO)N1CCN2C(=O)CCC2C1. The zero-order chi connectivity index (χ0) is 11.5. The van der Waals surface area contributed by atoms with Crippen molar-refractivity contribution >= 4 is 11.8 Å². The van der Waals surface area contributed by atoms with Gasteiger partial charge >= 0.3 is 0 Å². The zero-order valence-corrected chi connectivity index (χ0v) is 9.39. The van der Waals surface area contributed by atoms with Gasteiger partial charge in [0.15, 0.2) is 0 Å². The lowest BCUT2D eigenvalue weighted by atomic mass is 10.1. The number of carbonyl (C=O) groups excluding carboxylic acids is 2. The van der Waals surface area contributed by atoms with E-state index in [1.165, 1.54) is 0 Å². The predicted molar refractivity (Wildman–Crippen MR) is 57.6 cm³/mol. The first kappa shape index (κ1) is 11.4. The number of fused-ring (bicyclic) bond motifs is 1. The smallest absolute Gasteiger partial charge is 0.223 e. The minimum Gasteiger partial charge on any atom is -0.396 e. The number of aliphatic hydroxyl groups is 1. The topological polar surface area (TPSA) is 60.9 Å².